The Hall–Kier alpha value is -1.59. The fourth-order valence-electron chi connectivity index (χ4n) is 7.64. The zero-order chi connectivity index (χ0) is 41.9. The third kappa shape index (κ3) is 45.3. The molecule has 0 bridgehead atoms. The molecule has 0 spiro atoms. The molecule has 0 fully saturated rings. The van der Waals surface area contributed by atoms with Crippen molar-refractivity contribution in [1.29, 1.82) is 0 Å². The van der Waals surface area contributed by atoms with Crippen molar-refractivity contribution < 1.29 is 28.6 Å². The molecule has 0 aromatic heterocycles. The van der Waals surface area contributed by atoms with E-state index in [0.29, 0.717) is 19.3 Å². The zero-order valence-electron chi connectivity index (χ0n) is 39.0. The van der Waals surface area contributed by atoms with Gasteiger partial charge in [-0.1, -0.05) is 240 Å². The van der Waals surface area contributed by atoms with Crippen molar-refractivity contribution in [1.82, 2.24) is 0 Å². The molecule has 6 nitrogen and oxygen atoms in total. The lowest BCUT2D eigenvalue weighted by Gasteiger charge is -2.18. The molecule has 0 N–H and O–H groups in total. The number of rotatable bonds is 45. The Morgan fingerprint density at radius 2 is 0.579 bits per heavy atom. The molecule has 0 saturated carbocycles. The van der Waals surface area contributed by atoms with Crippen molar-refractivity contribution in [3.63, 3.8) is 0 Å². The standard InChI is InChI=1S/C51H98O6/c1-6-7-8-29-36-41-49(52)55-44-48(45-56-50(53)42-37-32-27-23-19-16-15-18-22-26-31-35-40-47(4)5)57-51(54)43-38-33-28-24-20-14-12-10-9-11-13-17-21-25-30-34-39-46(2)3/h46-48H,6-45H2,1-5H3/t48-/m0/s1. The Bertz CT molecular complexity index is 870. The lowest BCUT2D eigenvalue weighted by atomic mass is 10.0. The van der Waals surface area contributed by atoms with Crippen molar-refractivity contribution in [2.75, 3.05) is 13.2 Å². The highest BCUT2D eigenvalue weighted by Gasteiger charge is 2.19. The molecule has 0 aromatic carbocycles. The molecule has 6 heteroatoms. The maximum absolute atomic E-state index is 12.7. The fraction of sp³-hybridized carbons (Fsp3) is 0.941. The van der Waals surface area contributed by atoms with Crippen molar-refractivity contribution in [3.05, 3.63) is 0 Å². The SMILES string of the molecule is CCCCCCCC(=O)OC[C@@H](COC(=O)CCCCCCCCCCCCCCC(C)C)OC(=O)CCCCCCCCCCCCCCCCCCC(C)C. The van der Waals surface area contributed by atoms with Gasteiger partial charge in [0, 0.05) is 19.3 Å². The van der Waals surface area contributed by atoms with Crippen molar-refractivity contribution >= 4 is 17.9 Å². The fourth-order valence-corrected chi connectivity index (χ4v) is 7.64. The van der Waals surface area contributed by atoms with Gasteiger partial charge in [0.05, 0.1) is 0 Å². The number of hydrogen-bond acceptors (Lipinski definition) is 6. The monoisotopic (exact) mass is 807 g/mol. The molecular formula is C51H98O6. The summed E-state index contributed by atoms with van der Waals surface area (Å²) in [7, 11) is 0. The predicted molar refractivity (Wildman–Crippen MR) is 243 cm³/mol. The summed E-state index contributed by atoms with van der Waals surface area (Å²) >= 11 is 0. The summed E-state index contributed by atoms with van der Waals surface area (Å²) in [5.74, 6) is 0.822. The van der Waals surface area contributed by atoms with Gasteiger partial charge in [-0.2, -0.15) is 0 Å². The second-order valence-corrected chi connectivity index (χ2v) is 18.4. The van der Waals surface area contributed by atoms with Crippen LogP contribution < -0.4 is 0 Å². The summed E-state index contributed by atoms with van der Waals surface area (Å²) < 4.78 is 16.7. The maximum Gasteiger partial charge on any atom is 0.306 e. The van der Waals surface area contributed by atoms with Gasteiger partial charge in [-0.25, -0.2) is 0 Å². The minimum atomic E-state index is -0.759. The van der Waals surface area contributed by atoms with Crippen LogP contribution in [0.1, 0.15) is 279 Å². The molecule has 0 saturated heterocycles. The van der Waals surface area contributed by atoms with E-state index in [9.17, 15) is 14.4 Å². The van der Waals surface area contributed by atoms with Gasteiger partial charge in [-0.15, -0.1) is 0 Å². The molecule has 57 heavy (non-hydrogen) atoms. The van der Waals surface area contributed by atoms with Gasteiger partial charge in [0.1, 0.15) is 13.2 Å². The second-order valence-electron chi connectivity index (χ2n) is 18.4. The molecule has 0 amide bonds. The van der Waals surface area contributed by atoms with Crippen LogP contribution in [0.15, 0.2) is 0 Å². The minimum Gasteiger partial charge on any atom is -0.462 e. The zero-order valence-corrected chi connectivity index (χ0v) is 39.0. The number of carbonyl (C=O) groups is 3. The second kappa shape index (κ2) is 44.0. The van der Waals surface area contributed by atoms with Crippen molar-refractivity contribution in [2.45, 2.75) is 285 Å². The van der Waals surface area contributed by atoms with Crippen LogP contribution >= 0.6 is 0 Å². The van der Waals surface area contributed by atoms with E-state index >= 15 is 0 Å². The third-order valence-electron chi connectivity index (χ3n) is 11.5. The highest BCUT2D eigenvalue weighted by Crippen LogP contribution is 2.17. The molecule has 0 aliphatic rings. The Morgan fingerprint density at radius 1 is 0.333 bits per heavy atom. The first-order chi connectivity index (χ1) is 27.7. The third-order valence-corrected chi connectivity index (χ3v) is 11.5. The summed E-state index contributed by atoms with van der Waals surface area (Å²) in [5.41, 5.74) is 0. The largest absolute Gasteiger partial charge is 0.462 e. The Balaban J connectivity index is 4.11. The normalized spacial score (nSPS) is 12.1. The lowest BCUT2D eigenvalue weighted by molar-refractivity contribution is -0.167. The predicted octanol–water partition coefficient (Wildman–Crippen LogP) is 16.1. The van der Waals surface area contributed by atoms with Gasteiger partial charge in [-0.05, 0) is 31.1 Å². The average Bonchev–Trinajstić information content (AvgIpc) is 3.18. The highest BCUT2D eigenvalue weighted by molar-refractivity contribution is 5.71. The molecule has 0 unspecified atom stereocenters. The quantitative estimate of drug-likeness (QED) is 0.0346. The molecule has 1 atom stereocenters. The molecule has 0 radical (unpaired) electrons. The van der Waals surface area contributed by atoms with E-state index in [1.54, 1.807) is 0 Å². The number of esters is 3. The molecular weight excluding hydrogens is 709 g/mol. The Kier molecular flexibility index (Phi) is 42.7. The van der Waals surface area contributed by atoms with Gasteiger partial charge >= 0.3 is 17.9 Å². The van der Waals surface area contributed by atoms with E-state index < -0.39 is 6.10 Å². The summed E-state index contributed by atoms with van der Waals surface area (Å²) in [6.45, 7) is 11.3. The summed E-state index contributed by atoms with van der Waals surface area (Å²) in [6, 6.07) is 0. The topological polar surface area (TPSA) is 78.9 Å². The molecule has 338 valence electrons. The first kappa shape index (κ1) is 55.4. The number of ether oxygens (including phenoxy) is 3. The van der Waals surface area contributed by atoms with Gasteiger partial charge in [0.2, 0.25) is 0 Å². The van der Waals surface area contributed by atoms with Crippen LogP contribution in [0.25, 0.3) is 0 Å². The van der Waals surface area contributed by atoms with E-state index in [1.807, 2.05) is 0 Å². The number of unbranched alkanes of at least 4 members (excludes halogenated alkanes) is 30. The molecule has 0 aromatic rings. The molecule has 0 heterocycles. The number of hydrogen-bond donors (Lipinski definition) is 0. The first-order valence-corrected chi connectivity index (χ1v) is 25.2. The molecule has 0 aliphatic carbocycles. The molecule has 0 aliphatic heterocycles. The van der Waals surface area contributed by atoms with Crippen LogP contribution in [0, 0.1) is 11.8 Å². The number of carbonyl (C=O) groups excluding carboxylic acids is 3. The van der Waals surface area contributed by atoms with E-state index in [1.165, 1.54) is 161 Å². The van der Waals surface area contributed by atoms with E-state index in [-0.39, 0.29) is 31.1 Å². The van der Waals surface area contributed by atoms with Crippen LogP contribution in [0.3, 0.4) is 0 Å². The summed E-state index contributed by atoms with van der Waals surface area (Å²) in [4.78, 5) is 37.6. The summed E-state index contributed by atoms with van der Waals surface area (Å²) in [5, 5.41) is 0. The Morgan fingerprint density at radius 3 is 0.860 bits per heavy atom. The Labute approximate surface area is 355 Å². The van der Waals surface area contributed by atoms with Gasteiger partial charge in [-0.3, -0.25) is 14.4 Å². The van der Waals surface area contributed by atoms with Gasteiger partial charge in [0.25, 0.3) is 0 Å². The highest BCUT2D eigenvalue weighted by atomic mass is 16.6. The smallest absolute Gasteiger partial charge is 0.306 e. The van der Waals surface area contributed by atoms with E-state index in [2.05, 4.69) is 34.6 Å². The summed E-state index contributed by atoms with van der Waals surface area (Å²) in [6.07, 6.45) is 44.1. The molecule has 0 rings (SSSR count). The van der Waals surface area contributed by atoms with E-state index in [4.69, 9.17) is 14.2 Å². The van der Waals surface area contributed by atoms with Crippen LogP contribution in [0.4, 0.5) is 0 Å². The van der Waals surface area contributed by atoms with Crippen LogP contribution in [-0.2, 0) is 28.6 Å². The van der Waals surface area contributed by atoms with E-state index in [0.717, 1.165) is 76.0 Å². The van der Waals surface area contributed by atoms with Crippen molar-refractivity contribution in [2.24, 2.45) is 11.8 Å². The maximum atomic E-state index is 12.7. The van der Waals surface area contributed by atoms with Crippen LogP contribution in [0.2, 0.25) is 0 Å². The van der Waals surface area contributed by atoms with Crippen LogP contribution in [0.5, 0.6) is 0 Å². The van der Waals surface area contributed by atoms with Gasteiger partial charge < -0.3 is 14.2 Å². The van der Waals surface area contributed by atoms with Gasteiger partial charge in [0.15, 0.2) is 6.10 Å². The van der Waals surface area contributed by atoms with Crippen molar-refractivity contribution in [3.8, 4) is 0 Å². The lowest BCUT2D eigenvalue weighted by Crippen LogP contribution is -2.30. The van der Waals surface area contributed by atoms with Crippen LogP contribution in [-0.4, -0.2) is 37.2 Å². The average molecular weight is 807 g/mol. The minimum absolute atomic E-state index is 0.0648. The first-order valence-electron chi connectivity index (χ1n) is 25.2.